The van der Waals surface area contributed by atoms with Crippen LogP contribution in [0.2, 0.25) is 0 Å². The van der Waals surface area contributed by atoms with E-state index < -0.39 is 6.04 Å². The second-order valence-electron chi connectivity index (χ2n) is 13.1. The monoisotopic (exact) mass is 660 g/mol. The summed E-state index contributed by atoms with van der Waals surface area (Å²) in [7, 11) is 0. The zero-order chi connectivity index (χ0) is 33.9. The van der Waals surface area contributed by atoms with Gasteiger partial charge in [0.25, 0.3) is 5.91 Å². The lowest BCUT2D eigenvalue weighted by molar-refractivity contribution is -0.122. The van der Waals surface area contributed by atoms with Crippen LogP contribution in [-0.2, 0) is 9.59 Å². The van der Waals surface area contributed by atoms with Crippen LogP contribution in [0.15, 0.2) is 53.5 Å². The molecule has 0 radical (unpaired) electrons. The maximum absolute atomic E-state index is 13.8. The molecule has 8 N–H and O–H groups in total. The van der Waals surface area contributed by atoms with Crippen LogP contribution in [0, 0.1) is 5.92 Å². The van der Waals surface area contributed by atoms with Crippen molar-refractivity contribution in [3.8, 4) is 0 Å². The van der Waals surface area contributed by atoms with Crippen molar-refractivity contribution in [2.75, 3.05) is 82.2 Å². The second kappa shape index (κ2) is 17.4. The van der Waals surface area contributed by atoms with Gasteiger partial charge in [-0.15, -0.1) is 0 Å². The highest BCUT2D eigenvalue weighted by Crippen LogP contribution is 2.38. The number of carbonyl (C=O) groups is 3. The summed E-state index contributed by atoms with van der Waals surface area (Å²) in [5.74, 6) is 0.386. The lowest BCUT2D eigenvalue weighted by atomic mass is 9.92. The summed E-state index contributed by atoms with van der Waals surface area (Å²) in [5.41, 5.74) is 19.1. The third-order valence-corrected chi connectivity index (χ3v) is 9.68. The zero-order valence-electron chi connectivity index (χ0n) is 28.0. The molecule has 3 aliphatic rings. The molecule has 0 unspecified atom stereocenters. The molecular formula is C35H52N10O3. The highest BCUT2D eigenvalue weighted by atomic mass is 16.2. The molecule has 5 rings (SSSR count). The molecule has 2 saturated heterocycles. The Balaban J connectivity index is 0.965. The average Bonchev–Trinajstić information content (AvgIpc) is 3.21. The minimum absolute atomic E-state index is 0.0223. The van der Waals surface area contributed by atoms with Gasteiger partial charge in [0, 0.05) is 45.8 Å². The molecule has 13 heteroatoms. The summed E-state index contributed by atoms with van der Waals surface area (Å²) in [6.07, 6.45) is 5.80. The normalized spacial score (nSPS) is 18.3. The number of nitrogens with one attached hydrogen (secondary N) is 2. The van der Waals surface area contributed by atoms with Gasteiger partial charge in [-0.1, -0.05) is 24.3 Å². The Kier molecular flexibility index (Phi) is 12.8. The lowest BCUT2D eigenvalue weighted by Crippen LogP contribution is -2.49. The quantitative estimate of drug-likeness (QED) is 0.114. The number of likely N-dealkylation sites (tertiary alicyclic amines) is 1. The summed E-state index contributed by atoms with van der Waals surface area (Å²) >= 11 is 0. The van der Waals surface area contributed by atoms with E-state index in [0.717, 1.165) is 65.2 Å². The van der Waals surface area contributed by atoms with Crippen molar-refractivity contribution in [3.05, 3.63) is 54.1 Å². The third kappa shape index (κ3) is 9.75. The summed E-state index contributed by atoms with van der Waals surface area (Å²) < 4.78 is 0. The first-order valence-corrected chi connectivity index (χ1v) is 17.4. The molecule has 2 aromatic rings. The largest absolute Gasteiger partial charge is 0.370 e. The van der Waals surface area contributed by atoms with E-state index >= 15 is 0 Å². The number of carbonyl (C=O) groups excluding carboxylic acids is 3. The van der Waals surface area contributed by atoms with Crippen molar-refractivity contribution in [1.29, 1.82) is 0 Å². The van der Waals surface area contributed by atoms with Gasteiger partial charge in [-0.2, -0.15) is 0 Å². The molecule has 2 aromatic carbocycles. The fourth-order valence-electron chi connectivity index (χ4n) is 6.88. The van der Waals surface area contributed by atoms with Crippen LogP contribution in [0.5, 0.6) is 0 Å². The molecule has 13 nitrogen and oxygen atoms in total. The number of anilines is 3. The molecule has 0 bridgehead atoms. The number of aliphatic imine (C=N–C) groups is 1. The van der Waals surface area contributed by atoms with E-state index in [1.807, 2.05) is 42.5 Å². The molecule has 0 spiro atoms. The van der Waals surface area contributed by atoms with Gasteiger partial charge in [-0.25, -0.2) is 0 Å². The molecule has 2 fully saturated rings. The minimum Gasteiger partial charge on any atom is -0.370 e. The molecule has 0 saturated carbocycles. The van der Waals surface area contributed by atoms with E-state index in [-0.39, 0.29) is 23.7 Å². The number of rotatable bonds is 14. The maximum atomic E-state index is 13.8. The summed E-state index contributed by atoms with van der Waals surface area (Å²) in [6.45, 7) is 9.24. The standard InChI is InChI=1S/C35H52N10O3/c36-28(9-5-15-40-35(37)38)34(48)39-16-20-43-23-21-42(22-24-43)17-6-7-26-13-18-44(19-14-26)25-32(46)45-30-11-3-1-8-27(30)33(47)41-29-10-2-4-12-31(29)45/h1-4,8,10-12,26,28H,5-7,9,13-25,36H2,(H,39,48)(H,41,47)(H4,37,38,40)/t28-/m1/s1. The summed E-state index contributed by atoms with van der Waals surface area (Å²) in [4.78, 5) is 51.8. The van der Waals surface area contributed by atoms with Gasteiger partial charge in [0.2, 0.25) is 11.8 Å². The number of guanidine groups is 1. The predicted octanol–water partition coefficient (Wildman–Crippen LogP) is 1.52. The van der Waals surface area contributed by atoms with Crippen molar-refractivity contribution >= 4 is 40.7 Å². The third-order valence-electron chi connectivity index (χ3n) is 9.68. The van der Waals surface area contributed by atoms with Crippen LogP contribution in [-0.4, -0.2) is 116 Å². The molecular weight excluding hydrogens is 608 g/mol. The lowest BCUT2D eigenvalue weighted by Gasteiger charge is -2.36. The zero-order valence-corrected chi connectivity index (χ0v) is 28.0. The number of amides is 3. The number of nitrogens with zero attached hydrogens (tertiary/aromatic N) is 5. The topological polar surface area (TPSA) is 179 Å². The number of benzene rings is 2. The fourth-order valence-corrected chi connectivity index (χ4v) is 6.88. The molecule has 3 aliphatic heterocycles. The number of piperazine rings is 1. The fraction of sp³-hybridized carbons (Fsp3) is 0.543. The Morgan fingerprint density at radius 1 is 0.875 bits per heavy atom. The van der Waals surface area contributed by atoms with Crippen molar-refractivity contribution in [2.45, 2.75) is 44.6 Å². The van der Waals surface area contributed by atoms with E-state index in [4.69, 9.17) is 17.2 Å². The summed E-state index contributed by atoms with van der Waals surface area (Å²) in [5, 5.41) is 5.92. The molecule has 260 valence electrons. The predicted molar refractivity (Wildman–Crippen MR) is 190 cm³/mol. The Labute approximate surface area is 283 Å². The molecule has 0 aliphatic carbocycles. The van der Waals surface area contributed by atoms with Gasteiger partial charge in [-0.3, -0.25) is 34.1 Å². The molecule has 1 atom stereocenters. The number of piperidine rings is 1. The summed E-state index contributed by atoms with van der Waals surface area (Å²) in [6, 6.07) is 14.3. The van der Waals surface area contributed by atoms with Crippen molar-refractivity contribution in [2.24, 2.45) is 28.1 Å². The molecule has 3 amide bonds. The Morgan fingerprint density at radius 2 is 1.54 bits per heavy atom. The first-order valence-electron chi connectivity index (χ1n) is 17.4. The average molecular weight is 661 g/mol. The maximum Gasteiger partial charge on any atom is 0.257 e. The Morgan fingerprint density at radius 3 is 2.27 bits per heavy atom. The van der Waals surface area contributed by atoms with Crippen molar-refractivity contribution in [3.63, 3.8) is 0 Å². The minimum atomic E-state index is -0.544. The second-order valence-corrected chi connectivity index (χ2v) is 13.1. The van der Waals surface area contributed by atoms with Crippen molar-refractivity contribution in [1.82, 2.24) is 20.0 Å². The van der Waals surface area contributed by atoms with Crippen LogP contribution in [0.3, 0.4) is 0 Å². The van der Waals surface area contributed by atoms with E-state index in [1.54, 1.807) is 11.0 Å². The number of hydrogen-bond acceptors (Lipinski definition) is 8. The van der Waals surface area contributed by atoms with Crippen LogP contribution >= 0.6 is 0 Å². The highest BCUT2D eigenvalue weighted by molar-refractivity contribution is 6.17. The van der Waals surface area contributed by atoms with Crippen LogP contribution in [0.25, 0.3) is 0 Å². The van der Waals surface area contributed by atoms with Crippen molar-refractivity contribution < 1.29 is 14.4 Å². The SMILES string of the molecule is NC(N)=NCCC[C@@H](N)C(=O)NCCN1CCN(CCCC2CCN(CC(=O)N3c4ccccc4NC(=O)c4ccccc43)CC2)CC1. The van der Waals surface area contributed by atoms with Gasteiger partial charge in [0.1, 0.15) is 0 Å². The first-order chi connectivity index (χ1) is 23.3. The smallest absolute Gasteiger partial charge is 0.257 e. The number of para-hydroxylation sites is 3. The van der Waals surface area contributed by atoms with Gasteiger partial charge in [-0.05, 0) is 88.3 Å². The molecule has 48 heavy (non-hydrogen) atoms. The van der Waals surface area contributed by atoms with E-state index in [1.165, 1.54) is 12.8 Å². The molecule has 3 heterocycles. The van der Waals surface area contributed by atoms with E-state index in [2.05, 4.69) is 30.3 Å². The first kappa shape index (κ1) is 35.3. The van der Waals surface area contributed by atoms with E-state index in [0.29, 0.717) is 61.0 Å². The number of nitrogens with two attached hydrogens (primary N) is 3. The van der Waals surface area contributed by atoms with Gasteiger partial charge >= 0.3 is 0 Å². The Bertz CT molecular complexity index is 1410. The van der Waals surface area contributed by atoms with Gasteiger partial charge in [0.15, 0.2) is 5.96 Å². The Hall–Kier alpha value is -4.04. The van der Waals surface area contributed by atoms with Gasteiger partial charge in [0.05, 0.1) is 35.2 Å². The van der Waals surface area contributed by atoms with Gasteiger partial charge < -0.3 is 32.7 Å². The number of hydrogen-bond donors (Lipinski definition) is 5. The van der Waals surface area contributed by atoms with E-state index in [9.17, 15) is 14.4 Å². The van der Waals surface area contributed by atoms with Crippen LogP contribution in [0.1, 0.15) is 48.9 Å². The van der Waals surface area contributed by atoms with Crippen LogP contribution < -0.4 is 32.7 Å². The molecule has 0 aromatic heterocycles. The van der Waals surface area contributed by atoms with Crippen LogP contribution in [0.4, 0.5) is 17.1 Å². The highest BCUT2D eigenvalue weighted by Gasteiger charge is 2.31. The number of fused-ring (bicyclic) bond motifs is 2.